The Balaban J connectivity index is 0.000000149. The molecule has 4 rings (SSSR count). The molecule has 0 atom stereocenters. The van der Waals surface area contributed by atoms with Crippen LogP contribution >= 0.6 is 34.5 Å². The lowest BCUT2D eigenvalue weighted by Crippen LogP contribution is -1.98. The first kappa shape index (κ1) is 16.2. The fraction of sp³-hybridized carbons (Fsp3) is 0.188. The van der Waals surface area contributed by atoms with Crippen LogP contribution in [-0.4, -0.2) is 14.8 Å². The predicted molar refractivity (Wildman–Crippen MR) is 95.9 cm³/mol. The quantitative estimate of drug-likeness (QED) is 0.494. The predicted octanol–water partition coefficient (Wildman–Crippen LogP) is 4.41. The third kappa shape index (κ3) is 3.17. The van der Waals surface area contributed by atoms with Crippen LogP contribution in [-0.2, 0) is 5.88 Å². The number of thiophene rings is 1. The van der Waals surface area contributed by atoms with Gasteiger partial charge in [-0.3, -0.25) is 9.36 Å². The lowest BCUT2D eigenvalue weighted by atomic mass is 10.4. The monoisotopic (exact) mass is 365 g/mol. The Morgan fingerprint density at radius 1 is 1.17 bits per heavy atom. The minimum Gasteiger partial charge on any atom is -0.289 e. The van der Waals surface area contributed by atoms with E-state index in [0.717, 1.165) is 22.0 Å². The third-order valence-electron chi connectivity index (χ3n) is 3.38. The molecule has 0 bridgehead atoms. The van der Waals surface area contributed by atoms with Gasteiger partial charge in [-0.2, -0.15) is 0 Å². The van der Waals surface area contributed by atoms with Crippen LogP contribution < -0.4 is 5.43 Å². The normalized spacial score (nSPS) is 11.0. The van der Waals surface area contributed by atoms with Crippen molar-refractivity contribution in [3.63, 3.8) is 0 Å². The molecule has 0 radical (unpaired) electrons. The van der Waals surface area contributed by atoms with Crippen LogP contribution in [0.3, 0.4) is 0 Å². The number of fused-ring (bicyclic) bond motifs is 1. The van der Waals surface area contributed by atoms with Crippen LogP contribution in [0.1, 0.15) is 16.5 Å². The van der Waals surface area contributed by atoms with Crippen molar-refractivity contribution in [2.75, 3.05) is 0 Å². The summed E-state index contributed by atoms with van der Waals surface area (Å²) in [4.78, 5) is 12.0. The van der Waals surface area contributed by atoms with Crippen LogP contribution in [0.4, 0.5) is 0 Å². The van der Waals surface area contributed by atoms with Gasteiger partial charge in [0.15, 0.2) is 11.3 Å². The van der Waals surface area contributed by atoms with E-state index in [2.05, 4.69) is 29.3 Å². The molecule has 2 aromatic heterocycles. The van der Waals surface area contributed by atoms with Gasteiger partial charge in [0.2, 0.25) is 0 Å². The van der Waals surface area contributed by atoms with Crippen LogP contribution in [0.2, 0.25) is 5.02 Å². The van der Waals surface area contributed by atoms with E-state index in [1.54, 1.807) is 29.5 Å². The molecular formula is C16H13Cl2N3OS. The summed E-state index contributed by atoms with van der Waals surface area (Å²) < 4.78 is 1.99. The second kappa shape index (κ2) is 6.43. The Labute approximate surface area is 147 Å². The first-order chi connectivity index (χ1) is 11.0. The molecule has 118 valence electrons. The van der Waals surface area contributed by atoms with Crippen molar-refractivity contribution in [2.45, 2.75) is 19.7 Å². The van der Waals surface area contributed by atoms with Crippen molar-refractivity contribution < 1.29 is 0 Å². The molecule has 2 heterocycles. The summed E-state index contributed by atoms with van der Waals surface area (Å²) >= 11 is 13.1. The van der Waals surface area contributed by atoms with Gasteiger partial charge in [0.25, 0.3) is 0 Å². The minimum absolute atomic E-state index is 0.102. The standard InChI is InChI=1S/C9H10ClN3S.C7H3ClO/c1-6-3-4-9(14-6)13-7(2)11-12-8(13)5-10;8-5-3-1-2-4-6(5)7(4)9/h3-4H,5H2,1-2H3;1-3H. The summed E-state index contributed by atoms with van der Waals surface area (Å²) in [7, 11) is 0. The third-order valence-corrected chi connectivity index (χ3v) is 4.92. The van der Waals surface area contributed by atoms with E-state index >= 15 is 0 Å². The molecule has 0 fully saturated rings. The number of rotatable bonds is 2. The number of hydrogen-bond donors (Lipinski definition) is 0. The molecule has 0 aliphatic carbocycles. The van der Waals surface area contributed by atoms with E-state index in [0.29, 0.717) is 16.3 Å². The van der Waals surface area contributed by atoms with Gasteiger partial charge in [0, 0.05) is 10.3 Å². The van der Waals surface area contributed by atoms with Crippen LogP contribution in [0, 0.1) is 13.8 Å². The number of halogens is 2. The molecule has 23 heavy (non-hydrogen) atoms. The number of aryl methyl sites for hydroxylation is 2. The summed E-state index contributed by atoms with van der Waals surface area (Å²) in [5.74, 6) is 2.06. The molecule has 0 spiro atoms. The highest BCUT2D eigenvalue weighted by Crippen LogP contribution is 2.23. The Morgan fingerprint density at radius 2 is 1.96 bits per heavy atom. The molecular weight excluding hydrogens is 353 g/mol. The van der Waals surface area contributed by atoms with Gasteiger partial charge >= 0.3 is 0 Å². The zero-order chi connectivity index (χ0) is 16.6. The summed E-state index contributed by atoms with van der Waals surface area (Å²) in [5.41, 5.74) is 0.102. The van der Waals surface area contributed by atoms with Crippen molar-refractivity contribution in [1.82, 2.24) is 14.8 Å². The number of aromatic nitrogens is 3. The van der Waals surface area contributed by atoms with Gasteiger partial charge in [-0.25, -0.2) is 0 Å². The van der Waals surface area contributed by atoms with Gasteiger partial charge in [-0.05, 0) is 32.0 Å². The topological polar surface area (TPSA) is 47.8 Å². The average molecular weight is 366 g/mol. The lowest BCUT2D eigenvalue weighted by Gasteiger charge is -2.02. The van der Waals surface area contributed by atoms with Crippen LogP contribution in [0.5, 0.6) is 0 Å². The Hall–Kier alpha value is -1.69. The van der Waals surface area contributed by atoms with Gasteiger partial charge in [-0.1, -0.05) is 23.7 Å². The van der Waals surface area contributed by atoms with Crippen molar-refractivity contribution in [2.24, 2.45) is 0 Å². The van der Waals surface area contributed by atoms with Gasteiger partial charge in [-0.15, -0.1) is 33.1 Å². The Bertz CT molecular complexity index is 979. The van der Waals surface area contributed by atoms with Gasteiger partial charge in [0.1, 0.15) is 10.8 Å². The smallest absolute Gasteiger partial charge is 0.196 e. The summed E-state index contributed by atoms with van der Waals surface area (Å²) in [6.45, 7) is 4.01. The molecule has 0 unspecified atom stereocenters. The SMILES string of the molecule is Cc1ccc(-n2c(C)nnc2CCl)s1.O=c1c2cccc(Cl)c12. The molecule has 2 aromatic carbocycles. The van der Waals surface area contributed by atoms with E-state index in [1.807, 2.05) is 11.5 Å². The molecule has 0 N–H and O–H groups in total. The molecule has 0 amide bonds. The molecule has 4 aromatic rings. The number of hydrogen-bond acceptors (Lipinski definition) is 4. The lowest BCUT2D eigenvalue weighted by molar-refractivity contribution is 0.943. The van der Waals surface area contributed by atoms with E-state index in [1.165, 1.54) is 4.88 Å². The van der Waals surface area contributed by atoms with Crippen LogP contribution in [0.25, 0.3) is 15.8 Å². The minimum atomic E-state index is 0.102. The highest BCUT2D eigenvalue weighted by Gasteiger charge is 2.13. The van der Waals surface area contributed by atoms with Gasteiger partial charge < -0.3 is 0 Å². The molecule has 0 aliphatic rings. The highest BCUT2D eigenvalue weighted by molar-refractivity contribution is 7.14. The maximum Gasteiger partial charge on any atom is 0.196 e. The van der Waals surface area contributed by atoms with E-state index in [-0.39, 0.29) is 5.43 Å². The zero-order valence-electron chi connectivity index (χ0n) is 12.5. The van der Waals surface area contributed by atoms with E-state index < -0.39 is 0 Å². The number of benzene rings is 1. The molecule has 7 heteroatoms. The fourth-order valence-electron chi connectivity index (χ4n) is 2.21. The Morgan fingerprint density at radius 3 is 2.52 bits per heavy atom. The molecule has 0 saturated carbocycles. The Kier molecular flexibility index (Phi) is 4.53. The fourth-order valence-corrected chi connectivity index (χ4v) is 3.58. The van der Waals surface area contributed by atoms with Crippen molar-refractivity contribution >= 4 is 45.3 Å². The van der Waals surface area contributed by atoms with Crippen molar-refractivity contribution in [3.8, 4) is 5.00 Å². The summed E-state index contributed by atoms with van der Waals surface area (Å²) in [6, 6.07) is 9.44. The van der Waals surface area contributed by atoms with E-state index in [4.69, 9.17) is 23.2 Å². The first-order valence-electron chi connectivity index (χ1n) is 6.89. The number of nitrogens with zero attached hydrogens (tertiary/aromatic N) is 3. The number of alkyl halides is 1. The average Bonchev–Trinajstić information content (AvgIpc) is 2.86. The molecule has 0 aliphatic heterocycles. The van der Waals surface area contributed by atoms with Crippen molar-refractivity contribution in [3.05, 3.63) is 62.1 Å². The maximum atomic E-state index is 10.7. The van der Waals surface area contributed by atoms with Crippen LogP contribution in [0.15, 0.2) is 35.1 Å². The second-order valence-corrected chi connectivity index (χ2v) is 6.95. The largest absolute Gasteiger partial charge is 0.289 e. The second-order valence-electron chi connectivity index (χ2n) is 5.01. The van der Waals surface area contributed by atoms with Gasteiger partial charge in [0.05, 0.1) is 16.3 Å². The van der Waals surface area contributed by atoms with E-state index in [9.17, 15) is 4.79 Å². The van der Waals surface area contributed by atoms with Crippen molar-refractivity contribution in [1.29, 1.82) is 0 Å². The molecule has 0 saturated heterocycles. The summed E-state index contributed by atoms with van der Waals surface area (Å²) in [5, 5.41) is 11.2. The zero-order valence-corrected chi connectivity index (χ0v) is 14.8. The summed E-state index contributed by atoms with van der Waals surface area (Å²) in [6.07, 6.45) is 0. The molecule has 4 nitrogen and oxygen atoms in total. The highest BCUT2D eigenvalue weighted by atomic mass is 35.5. The first-order valence-corrected chi connectivity index (χ1v) is 8.62. The maximum absolute atomic E-state index is 10.7.